The molecule has 0 saturated heterocycles. The summed E-state index contributed by atoms with van der Waals surface area (Å²) in [6.07, 6.45) is 67.8. The zero-order chi connectivity index (χ0) is 47.9. The summed E-state index contributed by atoms with van der Waals surface area (Å²) in [5, 5.41) is 0. The van der Waals surface area contributed by atoms with Crippen LogP contribution in [0.2, 0.25) is 0 Å². The number of carbonyl (C=O) groups excluding carboxylic acids is 3. The van der Waals surface area contributed by atoms with Crippen molar-refractivity contribution in [3.05, 3.63) is 60.8 Å². The SMILES string of the molecule is CC/C=C\C/C=C\CCCCCCCC(=O)OCC(COC(=O)CCCCCCC/C=C\C=C/CCCCCCCCC)OC(=O)CCCCCCC/C=C\CCCCCCCCCCC. The van der Waals surface area contributed by atoms with Gasteiger partial charge in [0.1, 0.15) is 13.2 Å². The van der Waals surface area contributed by atoms with Gasteiger partial charge >= 0.3 is 17.9 Å². The molecule has 0 amide bonds. The summed E-state index contributed by atoms with van der Waals surface area (Å²) in [4.78, 5) is 38.1. The maximum atomic E-state index is 12.8. The number of esters is 3. The van der Waals surface area contributed by atoms with Gasteiger partial charge in [0.2, 0.25) is 0 Å². The molecule has 66 heavy (non-hydrogen) atoms. The van der Waals surface area contributed by atoms with Crippen molar-refractivity contribution in [2.24, 2.45) is 0 Å². The van der Waals surface area contributed by atoms with E-state index in [1.54, 1.807) is 0 Å². The Hall–Kier alpha value is -2.89. The molecule has 1 unspecified atom stereocenters. The minimum absolute atomic E-state index is 0.0896. The Kier molecular flexibility index (Phi) is 52.3. The van der Waals surface area contributed by atoms with Crippen LogP contribution in [0.5, 0.6) is 0 Å². The third-order valence-electron chi connectivity index (χ3n) is 12.3. The van der Waals surface area contributed by atoms with Crippen molar-refractivity contribution in [2.75, 3.05) is 13.2 Å². The van der Waals surface area contributed by atoms with Crippen LogP contribution in [0.1, 0.15) is 284 Å². The predicted octanol–water partition coefficient (Wildman–Crippen LogP) is 18.8. The lowest BCUT2D eigenvalue weighted by molar-refractivity contribution is -0.167. The molecule has 0 radical (unpaired) electrons. The van der Waals surface area contributed by atoms with Crippen molar-refractivity contribution >= 4 is 17.9 Å². The molecule has 382 valence electrons. The molecule has 0 heterocycles. The molecule has 0 aliphatic heterocycles. The summed E-state index contributed by atoms with van der Waals surface area (Å²) < 4.78 is 16.8. The molecule has 0 rings (SSSR count). The zero-order valence-corrected chi connectivity index (χ0v) is 43.7. The summed E-state index contributed by atoms with van der Waals surface area (Å²) in [5.41, 5.74) is 0. The van der Waals surface area contributed by atoms with Crippen LogP contribution >= 0.6 is 0 Å². The van der Waals surface area contributed by atoms with Gasteiger partial charge in [-0.05, 0) is 96.3 Å². The highest BCUT2D eigenvalue weighted by Gasteiger charge is 2.19. The van der Waals surface area contributed by atoms with Crippen LogP contribution in [0, 0.1) is 0 Å². The second kappa shape index (κ2) is 54.7. The second-order valence-electron chi connectivity index (χ2n) is 18.8. The van der Waals surface area contributed by atoms with Gasteiger partial charge in [0.15, 0.2) is 6.10 Å². The lowest BCUT2D eigenvalue weighted by Gasteiger charge is -2.18. The van der Waals surface area contributed by atoms with Crippen LogP contribution in [0.4, 0.5) is 0 Å². The quantitative estimate of drug-likeness (QED) is 0.0199. The molecule has 0 aliphatic rings. The van der Waals surface area contributed by atoms with E-state index < -0.39 is 6.10 Å². The second-order valence-corrected chi connectivity index (χ2v) is 18.8. The van der Waals surface area contributed by atoms with Crippen molar-refractivity contribution in [3.63, 3.8) is 0 Å². The normalized spacial score (nSPS) is 12.5. The van der Waals surface area contributed by atoms with Crippen LogP contribution in [0.15, 0.2) is 60.8 Å². The molecule has 0 saturated carbocycles. The van der Waals surface area contributed by atoms with E-state index in [9.17, 15) is 14.4 Å². The summed E-state index contributed by atoms with van der Waals surface area (Å²) in [5.74, 6) is -0.918. The van der Waals surface area contributed by atoms with E-state index in [2.05, 4.69) is 81.5 Å². The molecule has 0 N–H and O–H groups in total. The van der Waals surface area contributed by atoms with Crippen LogP contribution < -0.4 is 0 Å². The third-order valence-corrected chi connectivity index (χ3v) is 12.3. The van der Waals surface area contributed by atoms with Gasteiger partial charge < -0.3 is 14.2 Å². The highest BCUT2D eigenvalue weighted by Crippen LogP contribution is 2.15. The number of carbonyl (C=O) groups is 3. The van der Waals surface area contributed by atoms with Gasteiger partial charge in [-0.2, -0.15) is 0 Å². The highest BCUT2D eigenvalue weighted by atomic mass is 16.6. The van der Waals surface area contributed by atoms with E-state index in [1.165, 1.54) is 122 Å². The van der Waals surface area contributed by atoms with E-state index in [0.717, 1.165) is 122 Å². The van der Waals surface area contributed by atoms with Gasteiger partial charge in [0, 0.05) is 19.3 Å². The van der Waals surface area contributed by atoms with Gasteiger partial charge in [-0.25, -0.2) is 0 Å². The topological polar surface area (TPSA) is 78.9 Å². The predicted molar refractivity (Wildman–Crippen MR) is 284 cm³/mol. The molecule has 1 atom stereocenters. The van der Waals surface area contributed by atoms with Gasteiger partial charge in [-0.3, -0.25) is 14.4 Å². The van der Waals surface area contributed by atoms with Gasteiger partial charge in [-0.1, -0.05) is 229 Å². The summed E-state index contributed by atoms with van der Waals surface area (Å²) >= 11 is 0. The van der Waals surface area contributed by atoms with Crippen LogP contribution in [-0.4, -0.2) is 37.2 Å². The maximum absolute atomic E-state index is 12.8. The number of hydrogen-bond acceptors (Lipinski definition) is 6. The van der Waals surface area contributed by atoms with E-state index in [-0.39, 0.29) is 31.1 Å². The molecule has 0 fully saturated rings. The fraction of sp³-hybridized carbons (Fsp3) is 0.783. The Morgan fingerprint density at radius 2 is 0.636 bits per heavy atom. The average molecular weight is 924 g/mol. The zero-order valence-electron chi connectivity index (χ0n) is 43.7. The number of allylic oxidation sites excluding steroid dienone is 10. The standard InChI is InChI=1S/C60H106O6/c1-4-7-10-13-16-19-22-25-27-29-31-33-35-38-41-44-47-50-53-59(62)65-56-57(55-64-58(61)52-49-46-43-40-37-24-21-18-15-12-9-6-3)66-60(63)54-51-48-45-42-39-36-34-32-30-28-26-23-20-17-14-11-8-5-2/h9,12,18,21,27,29,31-34,57H,4-8,10-11,13-17,19-20,22-26,28,30,35-56H2,1-3H3/b12-9-,21-18-,29-27-,33-31-,34-32-. The van der Waals surface area contributed by atoms with Crippen molar-refractivity contribution in [1.82, 2.24) is 0 Å². The average Bonchev–Trinajstić information content (AvgIpc) is 3.31. The van der Waals surface area contributed by atoms with Gasteiger partial charge in [0.25, 0.3) is 0 Å². The molecule has 0 aromatic carbocycles. The van der Waals surface area contributed by atoms with E-state index in [1.807, 2.05) is 0 Å². The molecule has 0 aromatic rings. The maximum Gasteiger partial charge on any atom is 0.306 e. The monoisotopic (exact) mass is 923 g/mol. The smallest absolute Gasteiger partial charge is 0.306 e. The largest absolute Gasteiger partial charge is 0.462 e. The molecule has 6 nitrogen and oxygen atoms in total. The molecule has 0 bridgehead atoms. The van der Waals surface area contributed by atoms with Crippen molar-refractivity contribution in [2.45, 2.75) is 290 Å². The first kappa shape index (κ1) is 63.1. The van der Waals surface area contributed by atoms with Crippen LogP contribution in [-0.2, 0) is 28.6 Å². The Bertz CT molecular complexity index is 1200. The van der Waals surface area contributed by atoms with E-state index >= 15 is 0 Å². The molecule has 0 aliphatic carbocycles. The first-order valence-corrected chi connectivity index (χ1v) is 28.3. The Morgan fingerprint density at radius 3 is 1.02 bits per heavy atom. The van der Waals surface area contributed by atoms with Crippen molar-refractivity contribution < 1.29 is 28.6 Å². The fourth-order valence-corrected chi connectivity index (χ4v) is 8.00. The van der Waals surface area contributed by atoms with Gasteiger partial charge in [-0.15, -0.1) is 0 Å². The Labute approximate surface area is 409 Å². The van der Waals surface area contributed by atoms with Crippen LogP contribution in [0.3, 0.4) is 0 Å². The molecule has 0 aromatic heterocycles. The summed E-state index contributed by atoms with van der Waals surface area (Å²) in [6.45, 7) is 6.51. The Morgan fingerprint density at radius 1 is 0.333 bits per heavy atom. The van der Waals surface area contributed by atoms with Crippen molar-refractivity contribution in [3.8, 4) is 0 Å². The molecule has 0 spiro atoms. The summed E-state index contributed by atoms with van der Waals surface area (Å²) in [6, 6.07) is 0. The van der Waals surface area contributed by atoms with Gasteiger partial charge in [0.05, 0.1) is 0 Å². The summed E-state index contributed by atoms with van der Waals surface area (Å²) in [7, 11) is 0. The minimum Gasteiger partial charge on any atom is -0.462 e. The fourth-order valence-electron chi connectivity index (χ4n) is 8.00. The first-order chi connectivity index (χ1) is 32.5. The minimum atomic E-state index is -0.790. The van der Waals surface area contributed by atoms with E-state index in [0.29, 0.717) is 19.3 Å². The van der Waals surface area contributed by atoms with E-state index in [4.69, 9.17) is 14.2 Å². The lowest BCUT2D eigenvalue weighted by atomic mass is 10.1. The Balaban J connectivity index is 4.39. The third kappa shape index (κ3) is 52.1. The lowest BCUT2D eigenvalue weighted by Crippen LogP contribution is -2.30. The number of hydrogen-bond donors (Lipinski definition) is 0. The molecular formula is C60H106O6. The number of unbranched alkanes of at least 4 members (excludes halogenated alkanes) is 31. The highest BCUT2D eigenvalue weighted by molar-refractivity contribution is 5.71. The first-order valence-electron chi connectivity index (χ1n) is 28.3. The number of ether oxygens (including phenoxy) is 3. The molecular weight excluding hydrogens is 817 g/mol. The number of rotatable bonds is 51. The van der Waals surface area contributed by atoms with Crippen LogP contribution in [0.25, 0.3) is 0 Å². The van der Waals surface area contributed by atoms with Crippen molar-refractivity contribution in [1.29, 1.82) is 0 Å². The molecule has 6 heteroatoms.